The number of hydrogen-bond acceptors (Lipinski definition) is 5. The summed E-state index contributed by atoms with van der Waals surface area (Å²) in [6.45, 7) is 1.99. The number of nitrogens with two attached hydrogens (primary N) is 1. The van der Waals surface area contributed by atoms with Crippen LogP contribution in [0.15, 0.2) is 12.1 Å². The van der Waals surface area contributed by atoms with Gasteiger partial charge in [0.25, 0.3) is 0 Å². The lowest BCUT2D eigenvalue weighted by Crippen LogP contribution is -2.10. The predicted octanol–water partition coefficient (Wildman–Crippen LogP) is 0.999. The Morgan fingerprint density at radius 2 is 1.72 bits per heavy atom. The summed E-state index contributed by atoms with van der Waals surface area (Å²) in [4.78, 5) is 2.01. The quantitative estimate of drug-likeness (QED) is 0.546. The summed E-state index contributed by atoms with van der Waals surface area (Å²) in [6.07, 6.45) is 0. The summed E-state index contributed by atoms with van der Waals surface area (Å²) in [5.74, 6) is 0.813. The lowest BCUT2D eigenvalue weighted by atomic mass is 10.1. The lowest BCUT2D eigenvalue weighted by molar-refractivity contribution is 0.381. The third-order valence-corrected chi connectivity index (χ3v) is 2.05. The minimum atomic E-state index is -4.67. The van der Waals surface area contributed by atoms with E-state index in [1.807, 2.05) is 38.1 Å². The van der Waals surface area contributed by atoms with Gasteiger partial charge < -0.3 is 15.4 Å². The number of nitrogen functional groups attached to an aromatic ring is 1. The molecule has 0 saturated heterocycles. The number of anilines is 2. The molecule has 1 aromatic carbocycles. The Balaban J connectivity index is 0.000000494. The Bertz CT molecular complexity index is 491. The van der Waals surface area contributed by atoms with Crippen molar-refractivity contribution in [2.24, 2.45) is 0 Å². The van der Waals surface area contributed by atoms with Crippen LogP contribution in [-0.2, 0) is 10.4 Å². The number of hydrogen-bond donors (Lipinski definition) is 3. The molecule has 0 saturated carbocycles. The molecule has 1 aromatic rings. The summed E-state index contributed by atoms with van der Waals surface area (Å²) >= 11 is 0. The molecule has 0 radical (unpaired) electrons. The van der Waals surface area contributed by atoms with E-state index in [1.54, 1.807) is 7.11 Å². The molecule has 0 heterocycles. The van der Waals surface area contributed by atoms with E-state index < -0.39 is 10.4 Å². The fourth-order valence-corrected chi connectivity index (χ4v) is 1.20. The van der Waals surface area contributed by atoms with Crippen molar-refractivity contribution < 1.29 is 22.3 Å². The van der Waals surface area contributed by atoms with Gasteiger partial charge in [-0.15, -0.1) is 0 Å². The fourth-order valence-electron chi connectivity index (χ4n) is 1.20. The number of methoxy groups -OCH3 is 1. The molecular formula is C10H18N2O5S. The van der Waals surface area contributed by atoms with Crippen LogP contribution < -0.4 is 15.4 Å². The van der Waals surface area contributed by atoms with E-state index in [-0.39, 0.29) is 0 Å². The monoisotopic (exact) mass is 278 g/mol. The molecular weight excluding hydrogens is 260 g/mol. The van der Waals surface area contributed by atoms with Crippen LogP contribution in [0.3, 0.4) is 0 Å². The first-order chi connectivity index (χ1) is 8.06. The summed E-state index contributed by atoms with van der Waals surface area (Å²) < 4.78 is 36.8. The van der Waals surface area contributed by atoms with Crippen molar-refractivity contribution in [3.63, 3.8) is 0 Å². The first-order valence-electron chi connectivity index (χ1n) is 4.87. The highest BCUT2D eigenvalue weighted by Gasteiger charge is 2.07. The highest BCUT2D eigenvalue weighted by atomic mass is 32.3. The van der Waals surface area contributed by atoms with Crippen molar-refractivity contribution in [3.8, 4) is 5.75 Å². The van der Waals surface area contributed by atoms with Crippen molar-refractivity contribution in [3.05, 3.63) is 17.7 Å². The third kappa shape index (κ3) is 6.28. The van der Waals surface area contributed by atoms with Crippen LogP contribution in [0.4, 0.5) is 11.4 Å². The second-order valence-electron chi connectivity index (χ2n) is 3.72. The number of aryl methyl sites for hydroxylation is 1. The molecule has 1 rings (SSSR count). The smallest absolute Gasteiger partial charge is 0.394 e. The van der Waals surface area contributed by atoms with Gasteiger partial charge in [0, 0.05) is 25.8 Å². The van der Waals surface area contributed by atoms with E-state index >= 15 is 0 Å². The van der Waals surface area contributed by atoms with Crippen molar-refractivity contribution in [2.45, 2.75) is 6.92 Å². The van der Waals surface area contributed by atoms with E-state index in [2.05, 4.69) is 0 Å². The van der Waals surface area contributed by atoms with E-state index in [4.69, 9.17) is 28.0 Å². The topological polar surface area (TPSA) is 113 Å². The third-order valence-electron chi connectivity index (χ3n) is 2.05. The van der Waals surface area contributed by atoms with Crippen LogP contribution in [-0.4, -0.2) is 38.7 Å². The Hall–Kier alpha value is -1.51. The van der Waals surface area contributed by atoms with E-state index in [0.29, 0.717) is 0 Å². The Morgan fingerprint density at radius 3 is 2.06 bits per heavy atom. The maximum Gasteiger partial charge on any atom is 0.394 e. The number of ether oxygens (including phenoxy) is 1. The molecule has 0 fully saturated rings. The van der Waals surface area contributed by atoms with Gasteiger partial charge in [0.2, 0.25) is 0 Å². The van der Waals surface area contributed by atoms with Crippen molar-refractivity contribution in [1.29, 1.82) is 0 Å². The average Bonchev–Trinajstić information content (AvgIpc) is 2.18. The van der Waals surface area contributed by atoms with Crippen LogP contribution >= 0.6 is 0 Å². The summed E-state index contributed by atoms with van der Waals surface area (Å²) in [5, 5.41) is 0. The molecule has 0 aliphatic heterocycles. The van der Waals surface area contributed by atoms with Gasteiger partial charge in [-0.05, 0) is 18.6 Å². The number of rotatable bonds is 2. The predicted molar refractivity (Wildman–Crippen MR) is 70.6 cm³/mol. The maximum atomic E-state index is 8.74. The van der Waals surface area contributed by atoms with Crippen molar-refractivity contribution in [1.82, 2.24) is 0 Å². The molecule has 104 valence electrons. The van der Waals surface area contributed by atoms with E-state index in [9.17, 15) is 0 Å². The molecule has 0 atom stereocenters. The molecule has 0 amide bonds. The standard InChI is InChI=1S/C10H16N2O.H2O4S/c1-7-5-9(12(2)3)10(13-4)6-8(7)11;1-5(2,3)4/h5-6H,11H2,1-4H3;(H2,1,2,3,4). The molecule has 8 heteroatoms. The molecule has 0 aliphatic carbocycles. The van der Waals surface area contributed by atoms with Gasteiger partial charge in [-0.25, -0.2) is 0 Å². The van der Waals surface area contributed by atoms with Crippen LogP contribution in [0.2, 0.25) is 0 Å². The highest BCUT2D eigenvalue weighted by molar-refractivity contribution is 7.79. The first kappa shape index (κ1) is 16.5. The Kier molecular flexibility index (Phi) is 5.89. The number of nitrogens with zero attached hydrogens (tertiary/aromatic N) is 1. The minimum absolute atomic E-state index is 0.766. The average molecular weight is 278 g/mol. The maximum absolute atomic E-state index is 8.74. The zero-order valence-corrected chi connectivity index (χ0v) is 11.5. The number of benzene rings is 1. The van der Waals surface area contributed by atoms with Crippen molar-refractivity contribution in [2.75, 3.05) is 31.8 Å². The zero-order valence-electron chi connectivity index (χ0n) is 10.7. The second-order valence-corrected chi connectivity index (χ2v) is 4.62. The Morgan fingerprint density at radius 1 is 1.28 bits per heavy atom. The second kappa shape index (κ2) is 6.43. The molecule has 0 aromatic heterocycles. The Labute approximate surface area is 107 Å². The van der Waals surface area contributed by atoms with E-state index in [1.165, 1.54) is 0 Å². The van der Waals surface area contributed by atoms with Gasteiger partial charge in [0.1, 0.15) is 5.75 Å². The minimum Gasteiger partial charge on any atom is -0.495 e. The molecule has 18 heavy (non-hydrogen) atoms. The lowest BCUT2D eigenvalue weighted by Gasteiger charge is -2.18. The van der Waals surface area contributed by atoms with Crippen molar-refractivity contribution >= 4 is 21.8 Å². The van der Waals surface area contributed by atoms with Crippen LogP contribution in [0.25, 0.3) is 0 Å². The fraction of sp³-hybridized carbons (Fsp3) is 0.400. The van der Waals surface area contributed by atoms with Gasteiger partial charge in [0.15, 0.2) is 0 Å². The van der Waals surface area contributed by atoms with Gasteiger partial charge in [-0.3, -0.25) is 9.11 Å². The van der Waals surface area contributed by atoms with E-state index in [0.717, 1.165) is 22.7 Å². The van der Waals surface area contributed by atoms with Gasteiger partial charge in [-0.2, -0.15) is 8.42 Å². The van der Waals surface area contributed by atoms with Gasteiger partial charge in [0.05, 0.1) is 12.8 Å². The molecule has 0 unspecified atom stereocenters. The first-order valence-corrected chi connectivity index (χ1v) is 6.27. The summed E-state index contributed by atoms with van der Waals surface area (Å²) in [7, 11) is 0.943. The van der Waals surface area contributed by atoms with Gasteiger partial charge in [-0.1, -0.05) is 0 Å². The van der Waals surface area contributed by atoms with Gasteiger partial charge >= 0.3 is 10.4 Å². The zero-order chi connectivity index (χ0) is 14.5. The SMILES string of the molecule is COc1cc(N)c(C)cc1N(C)C.O=S(=O)(O)O. The molecule has 7 nitrogen and oxygen atoms in total. The largest absolute Gasteiger partial charge is 0.495 e. The van der Waals surface area contributed by atoms with Crippen LogP contribution in [0.5, 0.6) is 5.75 Å². The van der Waals surface area contributed by atoms with Crippen LogP contribution in [0.1, 0.15) is 5.56 Å². The molecule has 4 N–H and O–H groups in total. The normalized spacial score (nSPS) is 10.3. The summed E-state index contributed by atoms with van der Waals surface area (Å²) in [6, 6.07) is 3.87. The van der Waals surface area contributed by atoms with Crippen LogP contribution in [0, 0.1) is 6.92 Å². The molecule has 0 aliphatic rings. The highest BCUT2D eigenvalue weighted by Crippen LogP contribution is 2.31. The molecule has 0 bridgehead atoms. The summed E-state index contributed by atoms with van der Waals surface area (Å²) in [5.41, 5.74) is 8.66. The molecule has 0 spiro atoms.